The fraction of sp³-hybridized carbons (Fsp3) is 0.600. The van der Waals surface area contributed by atoms with E-state index in [2.05, 4.69) is 42.6 Å². The number of fused-ring (bicyclic) bond motifs is 1. The lowest BCUT2D eigenvalue weighted by Crippen LogP contribution is -2.60. The van der Waals surface area contributed by atoms with Crippen molar-refractivity contribution >= 4 is 11.8 Å². The van der Waals surface area contributed by atoms with Gasteiger partial charge in [-0.2, -0.15) is 0 Å². The topological polar surface area (TPSA) is 58.6 Å². The summed E-state index contributed by atoms with van der Waals surface area (Å²) in [5.41, 5.74) is 0.950. The number of hydrogen-bond donors (Lipinski definition) is 1. The standard InChI is InChI=1S/C25H32N2O3/c1-15-9-11-16(12-10-15)19-18-13-14-25(30-18)20(19)23(29)27(24(2,3)4)21(25)22(28)26-17-7-5-6-8-17/h9-14,17-21H,5-8H2,1-4H3,(H,26,28)/t18-,19-,20-,21+,25-/m1/s1. The zero-order valence-electron chi connectivity index (χ0n) is 18.4. The van der Waals surface area contributed by atoms with Crippen molar-refractivity contribution in [2.45, 2.75) is 88.6 Å². The Kier molecular flexibility index (Phi) is 4.41. The maximum atomic E-state index is 13.9. The molecule has 3 aliphatic heterocycles. The quantitative estimate of drug-likeness (QED) is 0.779. The van der Waals surface area contributed by atoms with Crippen molar-refractivity contribution in [2.24, 2.45) is 5.92 Å². The van der Waals surface area contributed by atoms with Crippen LogP contribution in [0.25, 0.3) is 0 Å². The molecule has 1 spiro atoms. The fourth-order valence-electron chi connectivity index (χ4n) is 6.11. The first-order valence-electron chi connectivity index (χ1n) is 11.3. The molecule has 2 bridgehead atoms. The van der Waals surface area contributed by atoms with Crippen LogP contribution in [0.1, 0.15) is 63.5 Å². The molecule has 5 atom stereocenters. The summed E-state index contributed by atoms with van der Waals surface area (Å²) in [6, 6.07) is 7.96. The molecule has 3 heterocycles. The number of likely N-dealkylation sites (tertiary alicyclic amines) is 1. The molecule has 160 valence electrons. The molecule has 1 aliphatic carbocycles. The van der Waals surface area contributed by atoms with Crippen molar-refractivity contribution < 1.29 is 14.3 Å². The maximum Gasteiger partial charge on any atom is 0.246 e. The van der Waals surface area contributed by atoms with Gasteiger partial charge >= 0.3 is 0 Å². The van der Waals surface area contributed by atoms with Crippen LogP contribution >= 0.6 is 0 Å². The molecule has 1 saturated carbocycles. The van der Waals surface area contributed by atoms with Crippen LogP contribution in [0.5, 0.6) is 0 Å². The lowest BCUT2D eigenvalue weighted by Gasteiger charge is -2.40. The Morgan fingerprint density at radius 3 is 2.47 bits per heavy atom. The average Bonchev–Trinajstić information content (AvgIpc) is 3.43. The number of carbonyl (C=O) groups is 2. The SMILES string of the molecule is Cc1ccc([C@@H]2[C@H]3C=C[C@]4(O3)[C@H](C(=O)NC3CCCC3)N(C(C)(C)C)C(=O)[C@@H]24)cc1. The third kappa shape index (κ3) is 2.78. The van der Waals surface area contributed by atoms with Gasteiger partial charge in [0.15, 0.2) is 0 Å². The third-order valence-corrected chi connectivity index (χ3v) is 7.41. The molecule has 2 amide bonds. The highest BCUT2D eigenvalue weighted by molar-refractivity contribution is 5.97. The summed E-state index contributed by atoms with van der Waals surface area (Å²) in [6.07, 6.45) is 8.25. The van der Waals surface area contributed by atoms with Gasteiger partial charge in [0.25, 0.3) is 0 Å². The predicted octanol–water partition coefficient (Wildman–Crippen LogP) is 3.47. The third-order valence-electron chi connectivity index (χ3n) is 7.41. The smallest absolute Gasteiger partial charge is 0.246 e. The van der Waals surface area contributed by atoms with Gasteiger partial charge in [-0.25, -0.2) is 0 Å². The summed E-state index contributed by atoms with van der Waals surface area (Å²) in [5, 5.41) is 3.25. The number of benzene rings is 1. The van der Waals surface area contributed by atoms with Crippen LogP contribution in [0, 0.1) is 12.8 Å². The molecule has 1 aromatic carbocycles. The molecular formula is C25H32N2O3. The number of amides is 2. The first-order chi connectivity index (χ1) is 14.2. The summed E-state index contributed by atoms with van der Waals surface area (Å²) >= 11 is 0. The van der Waals surface area contributed by atoms with Crippen LogP contribution in [0.4, 0.5) is 0 Å². The molecule has 4 aliphatic rings. The van der Waals surface area contributed by atoms with Crippen LogP contribution in [0.3, 0.4) is 0 Å². The van der Waals surface area contributed by atoms with Crippen LogP contribution in [-0.4, -0.2) is 46.0 Å². The van der Waals surface area contributed by atoms with Crippen molar-refractivity contribution in [1.29, 1.82) is 0 Å². The second kappa shape index (κ2) is 6.68. The van der Waals surface area contributed by atoms with Gasteiger partial charge in [0.2, 0.25) is 11.8 Å². The molecule has 2 saturated heterocycles. The second-order valence-electron chi connectivity index (χ2n) is 10.5. The van der Waals surface area contributed by atoms with E-state index in [-0.39, 0.29) is 35.8 Å². The van der Waals surface area contributed by atoms with Gasteiger partial charge in [0, 0.05) is 17.5 Å². The minimum Gasteiger partial charge on any atom is -0.359 e. The van der Waals surface area contributed by atoms with E-state index < -0.39 is 17.2 Å². The van der Waals surface area contributed by atoms with Crippen LogP contribution in [-0.2, 0) is 14.3 Å². The average molecular weight is 409 g/mol. The van der Waals surface area contributed by atoms with Gasteiger partial charge in [0.1, 0.15) is 11.6 Å². The Hall–Kier alpha value is -2.14. The minimum absolute atomic E-state index is 0.0338. The number of hydrogen-bond acceptors (Lipinski definition) is 3. The highest BCUT2D eigenvalue weighted by Gasteiger charge is 2.72. The molecule has 3 fully saturated rings. The van der Waals surface area contributed by atoms with E-state index in [1.165, 1.54) is 5.56 Å². The number of carbonyl (C=O) groups excluding carboxylic acids is 2. The van der Waals surface area contributed by atoms with Gasteiger partial charge < -0.3 is 15.0 Å². The van der Waals surface area contributed by atoms with Gasteiger partial charge in [-0.15, -0.1) is 0 Å². The van der Waals surface area contributed by atoms with Crippen molar-refractivity contribution in [3.8, 4) is 0 Å². The summed E-state index contributed by atoms with van der Waals surface area (Å²) in [5.74, 6) is -0.458. The van der Waals surface area contributed by atoms with Gasteiger partial charge in [-0.05, 0) is 46.1 Å². The second-order valence-corrected chi connectivity index (χ2v) is 10.5. The molecular weight excluding hydrogens is 376 g/mol. The Labute approximate surface area is 178 Å². The number of rotatable bonds is 3. The Balaban J connectivity index is 1.56. The number of aryl methyl sites for hydroxylation is 1. The predicted molar refractivity (Wildman–Crippen MR) is 115 cm³/mol. The van der Waals surface area contributed by atoms with E-state index in [9.17, 15) is 9.59 Å². The molecule has 1 N–H and O–H groups in total. The zero-order valence-corrected chi connectivity index (χ0v) is 18.4. The Bertz CT molecular complexity index is 894. The Morgan fingerprint density at radius 2 is 1.83 bits per heavy atom. The molecule has 5 nitrogen and oxygen atoms in total. The molecule has 30 heavy (non-hydrogen) atoms. The summed E-state index contributed by atoms with van der Waals surface area (Å²) in [7, 11) is 0. The van der Waals surface area contributed by atoms with Crippen LogP contribution in [0.15, 0.2) is 36.4 Å². The first-order valence-corrected chi connectivity index (χ1v) is 11.3. The normalized spacial score (nSPS) is 35.3. The van der Waals surface area contributed by atoms with E-state index in [0.717, 1.165) is 31.2 Å². The molecule has 0 aromatic heterocycles. The lowest BCUT2D eigenvalue weighted by molar-refractivity contribution is -0.145. The van der Waals surface area contributed by atoms with E-state index in [1.54, 1.807) is 4.90 Å². The Morgan fingerprint density at radius 1 is 1.17 bits per heavy atom. The molecule has 5 rings (SSSR count). The van der Waals surface area contributed by atoms with Gasteiger partial charge in [-0.3, -0.25) is 9.59 Å². The first kappa shape index (κ1) is 19.8. The van der Waals surface area contributed by atoms with E-state index >= 15 is 0 Å². The van der Waals surface area contributed by atoms with Crippen molar-refractivity contribution in [3.05, 3.63) is 47.5 Å². The van der Waals surface area contributed by atoms with E-state index in [0.29, 0.717) is 0 Å². The van der Waals surface area contributed by atoms with Crippen LogP contribution < -0.4 is 5.32 Å². The van der Waals surface area contributed by atoms with Crippen molar-refractivity contribution in [1.82, 2.24) is 10.2 Å². The number of nitrogens with one attached hydrogen (secondary N) is 1. The summed E-state index contributed by atoms with van der Waals surface area (Å²) < 4.78 is 6.54. The summed E-state index contributed by atoms with van der Waals surface area (Å²) in [4.78, 5) is 29.3. The van der Waals surface area contributed by atoms with Gasteiger partial charge in [-0.1, -0.05) is 54.8 Å². The summed E-state index contributed by atoms with van der Waals surface area (Å²) in [6.45, 7) is 8.09. The minimum atomic E-state index is -0.882. The number of ether oxygens (including phenoxy) is 1. The van der Waals surface area contributed by atoms with Gasteiger partial charge in [0.05, 0.1) is 12.0 Å². The number of nitrogens with zero attached hydrogens (tertiary/aromatic N) is 1. The van der Waals surface area contributed by atoms with E-state index in [1.807, 2.05) is 26.8 Å². The van der Waals surface area contributed by atoms with E-state index in [4.69, 9.17) is 4.74 Å². The highest BCUT2D eigenvalue weighted by Crippen LogP contribution is 2.59. The maximum absolute atomic E-state index is 13.9. The van der Waals surface area contributed by atoms with Crippen molar-refractivity contribution in [3.63, 3.8) is 0 Å². The van der Waals surface area contributed by atoms with Crippen LogP contribution in [0.2, 0.25) is 0 Å². The molecule has 0 radical (unpaired) electrons. The zero-order chi connectivity index (χ0) is 21.3. The largest absolute Gasteiger partial charge is 0.359 e. The highest BCUT2D eigenvalue weighted by atomic mass is 16.5. The molecule has 1 aromatic rings. The molecule has 5 heteroatoms. The monoisotopic (exact) mass is 408 g/mol. The fourth-order valence-corrected chi connectivity index (χ4v) is 6.11. The van der Waals surface area contributed by atoms with Crippen molar-refractivity contribution in [2.75, 3.05) is 0 Å². The molecule has 0 unspecified atom stereocenters. The lowest BCUT2D eigenvalue weighted by atomic mass is 9.72.